The van der Waals surface area contributed by atoms with Crippen LogP contribution in [0.2, 0.25) is 0 Å². The third kappa shape index (κ3) is 6.43. The molecule has 0 fully saturated rings. The first-order valence-electron chi connectivity index (χ1n) is 16.1. The lowest BCUT2D eigenvalue weighted by molar-refractivity contribution is -0.137. The normalized spacial score (nSPS) is 19.9. The van der Waals surface area contributed by atoms with Gasteiger partial charge in [0.05, 0.1) is 16.5 Å². The molecule has 7 rings (SSSR count). The first kappa shape index (κ1) is 31.5. The molecule has 2 aliphatic heterocycles. The molecule has 1 N–H and O–H groups in total. The molecule has 2 unspecified atom stereocenters. The number of carbonyl (C=O) groups excluding carboxylic acids is 1. The van der Waals surface area contributed by atoms with Crippen LogP contribution in [-0.2, 0) is 53.3 Å². The summed E-state index contributed by atoms with van der Waals surface area (Å²) in [4.78, 5) is 15.5. The second kappa shape index (κ2) is 12.5. The Morgan fingerprint density at radius 1 is 0.872 bits per heavy atom. The number of hydrogen-bond acceptors (Lipinski definition) is 4. The molecule has 0 saturated heterocycles. The zero-order valence-corrected chi connectivity index (χ0v) is 26.7. The van der Waals surface area contributed by atoms with Crippen molar-refractivity contribution in [1.29, 1.82) is 0 Å². The highest BCUT2D eigenvalue weighted by Crippen LogP contribution is 2.37. The third-order valence-electron chi connectivity index (χ3n) is 9.71. The SMILES string of the molecule is O=C(CC1c2cccn2CCN1S(=O)(=O)c1cccc(C(F)(F)F)c1)NC1CCc2cc(CN3CCCc4ccccc43)ccc2C1. The summed E-state index contributed by atoms with van der Waals surface area (Å²) in [5, 5.41) is 3.14. The van der Waals surface area contributed by atoms with Crippen LogP contribution in [0.1, 0.15) is 58.8 Å². The summed E-state index contributed by atoms with van der Waals surface area (Å²) in [7, 11) is -4.33. The van der Waals surface area contributed by atoms with Gasteiger partial charge in [-0.3, -0.25) is 4.79 Å². The molecule has 3 aromatic carbocycles. The smallest absolute Gasteiger partial charge is 0.367 e. The molecule has 1 aromatic heterocycles. The van der Waals surface area contributed by atoms with Crippen molar-refractivity contribution in [2.45, 2.75) is 74.8 Å². The monoisotopic (exact) mass is 662 g/mol. The molecule has 0 radical (unpaired) electrons. The summed E-state index contributed by atoms with van der Waals surface area (Å²) >= 11 is 0. The average molecular weight is 663 g/mol. The van der Waals surface area contributed by atoms with Gasteiger partial charge in [0.25, 0.3) is 0 Å². The van der Waals surface area contributed by atoms with Crippen LogP contribution in [0, 0.1) is 0 Å². The van der Waals surface area contributed by atoms with Gasteiger partial charge in [0.2, 0.25) is 15.9 Å². The van der Waals surface area contributed by atoms with Crippen molar-refractivity contribution in [1.82, 2.24) is 14.2 Å². The Morgan fingerprint density at radius 3 is 2.57 bits per heavy atom. The van der Waals surface area contributed by atoms with Crippen LogP contribution in [0.4, 0.5) is 18.9 Å². The molecule has 47 heavy (non-hydrogen) atoms. The zero-order chi connectivity index (χ0) is 32.8. The topological polar surface area (TPSA) is 74.6 Å². The van der Waals surface area contributed by atoms with E-state index < -0.39 is 32.7 Å². The largest absolute Gasteiger partial charge is 0.416 e. The van der Waals surface area contributed by atoms with E-state index in [0.29, 0.717) is 24.7 Å². The lowest BCUT2D eigenvalue weighted by atomic mass is 9.87. The van der Waals surface area contributed by atoms with E-state index in [4.69, 9.17) is 0 Å². The highest BCUT2D eigenvalue weighted by atomic mass is 32.2. The molecule has 4 aromatic rings. The van der Waals surface area contributed by atoms with Crippen LogP contribution in [0.25, 0.3) is 0 Å². The Labute approximate surface area is 273 Å². The Bertz CT molecular complexity index is 1910. The van der Waals surface area contributed by atoms with Crippen LogP contribution in [0.15, 0.2) is 90.0 Å². The van der Waals surface area contributed by atoms with Crippen molar-refractivity contribution in [2.75, 3.05) is 18.0 Å². The van der Waals surface area contributed by atoms with Gasteiger partial charge in [-0.2, -0.15) is 17.5 Å². The number of benzene rings is 3. The van der Waals surface area contributed by atoms with Crippen molar-refractivity contribution in [3.05, 3.63) is 119 Å². The Kier molecular flexibility index (Phi) is 8.38. The lowest BCUT2D eigenvalue weighted by Crippen LogP contribution is -2.45. The molecule has 1 amide bonds. The van der Waals surface area contributed by atoms with Gasteiger partial charge in [-0.15, -0.1) is 0 Å². The number of amides is 1. The minimum Gasteiger partial charge on any atom is -0.367 e. The summed E-state index contributed by atoms with van der Waals surface area (Å²) in [6.45, 7) is 2.27. The summed E-state index contributed by atoms with van der Waals surface area (Å²) in [5.41, 5.74) is 6.07. The predicted octanol–water partition coefficient (Wildman–Crippen LogP) is 6.27. The summed E-state index contributed by atoms with van der Waals surface area (Å²) in [6.07, 6.45) is 1.54. The Balaban J connectivity index is 1.04. The summed E-state index contributed by atoms with van der Waals surface area (Å²) in [5.74, 6) is -0.289. The molecule has 3 aliphatic rings. The van der Waals surface area contributed by atoms with Crippen molar-refractivity contribution >= 4 is 21.6 Å². The van der Waals surface area contributed by atoms with E-state index in [0.717, 1.165) is 50.9 Å². The average Bonchev–Trinajstić information content (AvgIpc) is 3.54. The fourth-order valence-electron chi connectivity index (χ4n) is 7.39. The number of rotatable bonds is 7. The Morgan fingerprint density at radius 2 is 1.72 bits per heavy atom. The van der Waals surface area contributed by atoms with Crippen LogP contribution in [0.3, 0.4) is 0 Å². The first-order valence-corrected chi connectivity index (χ1v) is 17.6. The lowest BCUT2D eigenvalue weighted by Gasteiger charge is -2.36. The van der Waals surface area contributed by atoms with Crippen LogP contribution < -0.4 is 10.2 Å². The zero-order valence-electron chi connectivity index (χ0n) is 25.9. The maximum absolute atomic E-state index is 13.7. The highest BCUT2D eigenvalue weighted by molar-refractivity contribution is 7.89. The highest BCUT2D eigenvalue weighted by Gasteiger charge is 2.39. The number of nitrogens with one attached hydrogen (secondary N) is 1. The molecule has 0 spiro atoms. The standard InChI is InChI=1S/C36H37F3N4O3S/c37-36(38,39)29-8-3-9-31(22-29)47(45,46)43-19-18-41-16-5-11-33(41)34(43)23-35(44)40-30-15-14-27-20-25(12-13-28(27)21-30)24-42-17-4-7-26-6-1-2-10-32(26)42/h1-3,5-6,8-13,16,20,22,30,34H,4,7,14-15,17-19,21,23-24H2,(H,40,44). The van der Waals surface area contributed by atoms with Gasteiger partial charge >= 0.3 is 6.18 Å². The molecule has 7 nitrogen and oxygen atoms in total. The van der Waals surface area contributed by atoms with Gasteiger partial charge in [0, 0.05) is 56.2 Å². The van der Waals surface area contributed by atoms with Crippen LogP contribution in [-0.4, -0.2) is 42.3 Å². The molecule has 246 valence electrons. The number of nitrogens with zero attached hydrogens (tertiary/aromatic N) is 3. The van der Waals surface area contributed by atoms with Crippen molar-refractivity contribution in [3.63, 3.8) is 0 Å². The molecule has 0 bridgehead atoms. The minimum absolute atomic E-state index is 0.0420. The minimum atomic E-state index is -4.68. The van der Waals surface area contributed by atoms with Crippen LogP contribution in [0.5, 0.6) is 0 Å². The van der Waals surface area contributed by atoms with Gasteiger partial charge in [-0.05, 0) is 90.8 Å². The maximum Gasteiger partial charge on any atom is 0.416 e. The molecule has 11 heteroatoms. The second-order valence-corrected chi connectivity index (χ2v) is 14.6. The number of carbonyl (C=O) groups is 1. The predicted molar refractivity (Wildman–Crippen MR) is 173 cm³/mol. The van der Waals surface area contributed by atoms with E-state index in [1.54, 1.807) is 12.1 Å². The van der Waals surface area contributed by atoms with E-state index >= 15 is 0 Å². The van der Waals surface area contributed by atoms with Crippen molar-refractivity contribution < 1.29 is 26.4 Å². The second-order valence-electron chi connectivity index (χ2n) is 12.8. The van der Waals surface area contributed by atoms with Crippen LogP contribution >= 0.6 is 0 Å². The van der Waals surface area contributed by atoms with E-state index in [-0.39, 0.29) is 24.9 Å². The molecule has 0 saturated carbocycles. The number of aryl methyl sites for hydroxylation is 2. The summed E-state index contributed by atoms with van der Waals surface area (Å²) in [6, 6.07) is 21.6. The molecular weight excluding hydrogens is 625 g/mol. The number of para-hydroxylation sites is 1. The fraction of sp³-hybridized carbons (Fsp3) is 0.361. The molecular formula is C36H37F3N4O3S. The number of aromatic nitrogens is 1. The van der Waals surface area contributed by atoms with E-state index in [1.807, 2.05) is 10.8 Å². The van der Waals surface area contributed by atoms with E-state index in [9.17, 15) is 26.4 Å². The Hall–Kier alpha value is -4.09. The van der Waals surface area contributed by atoms with Crippen molar-refractivity contribution in [2.24, 2.45) is 0 Å². The van der Waals surface area contributed by atoms with Crippen molar-refractivity contribution in [3.8, 4) is 0 Å². The van der Waals surface area contributed by atoms with Gasteiger partial charge < -0.3 is 14.8 Å². The van der Waals surface area contributed by atoms with E-state index in [1.165, 1.54) is 38.3 Å². The number of sulfonamides is 1. The number of fused-ring (bicyclic) bond motifs is 3. The molecule has 2 atom stereocenters. The van der Waals surface area contributed by atoms with Gasteiger partial charge in [-0.1, -0.05) is 42.5 Å². The number of halogens is 3. The maximum atomic E-state index is 13.7. The molecule has 1 aliphatic carbocycles. The first-order chi connectivity index (χ1) is 22.6. The van der Waals surface area contributed by atoms with Gasteiger partial charge in [0.15, 0.2) is 0 Å². The number of hydrogen-bond donors (Lipinski definition) is 1. The number of alkyl halides is 3. The fourth-order valence-corrected chi connectivity index (χ4v) is 9.03. The van der Waals surface area contributed by atoms with Gasteiger partial charge in [-0.25, -0.2) is 8.42 Å². The van der Waals surface area contributed by atoms with Gasteiger partial charge in [0.1, 0.15) is 0 Å². The summed E-state index contributed by atoms with van der Waals surface area (Å²) < 4.78 is 70.8. The molecule has 3 heterocycles. The quantitative estimate of drug-likeness (QED) is 0.253. The van der Waals surface area contributed by atoms with E-state index in [2.05, 4.69) is 52.7 Å². The number of anilines is 1. The third-order valence-corrected chi connectivity index (χ3v) is 11.6.